The van der Waals surface area contributed by atoms with Crippen molar-refractivity contribution < 1.29 is 13.2 Å². The van der Waals surface area contributed by atoms with Crippen molar-refractivity contribution in [1.29, 1.82) is 0 Å². The number of rotatable bonds is 4. The lowest BCUT2D eigenvalue weighted by atomic mass is 9.78. The number of ketones is 1. The quantitative estimate of drug-likeness (QED) is 0.796. The molecule has 2 aliphatic rings. The van der Waals surface area contributed by atoms with Crippen LogP contribution in [0.4, 0.5) is 0 Å². The molecule has 0 aromatic heterocycles. The Kier molecular flexibility index (Phi) is 5.24. The van der Waals surface area contributed by atoms with Crippen molar-refractivity contribution in [2.75, 3.05) is 24.6 Å². The Morgan fingerprint density at radius 3 is 2.75 bits per heavy atom. The van der Waals surface area contributed by atoms with Crippen molar-refractivity contribution in [1.82, 2.24) is 4.90 Å². The molecule has 4 nitrogen and oxygen atoms in total. The highest BCUT2D eigenvalue weighted by Gasteiger charge is 2.34. The highest BCUT2D eigenvalue weighted by Crippen LogP contribution is 2.31. The predicted molar refractivity (Wildman–Crippen MR) is 80.4 cm³/mol. The second kappa shape index (κ2) is 6.56. The third-order valence-electron chi connectivity index (χ3n) is 4.83. The molecule has 0 N–H and O–H groups in total. The smallest absolute Gasteiger partial charge is 0.153 e. The molecule has 0 aromatic carbocycles. The van der Waals surface area contributed by atoms with Crippen LogP contribution in [0, 0.1) is 11.8 Å². The molecular formula is C15H27NO3S. The molecular weight excluding hydrogens is 274 g/mol. The van der Waals surface area contributed by atoms with Gasteiger partial charge >= 0.3 is 0 Å². The molecule has 0 radical (unpaired) electrons. The Hall–Kier alpha value is -0.420. The molecule has 1 saturated heterocycles. The van der Waals surface area contributed by atoms with Gasteiger partial charge in [0.15, 0.2) is 9.84 Å². The highest BCUT2D eigenvalue weighted by molar-refractivity contribution is 7.91. The van der Waals surface area contributed by atoms with Crippen molar-refractivity contribution in [3.8, 4) is 0 Å². The number of hydrogen-bond acceptors (Lipinski definition) is 4. The fourth-order valence-electron chi connectivity index (χ4n) is 3.64. The van der Waals surface area contributed by atoms with Crippen LogP contribution in [-0.4, -0.2) is 49.7 Å². The molecule has 3 atom stereocenters. The number of carbonyl (C=O) groups is 1. The molecule has 1 aliphatic carbocycles. The van der Waals surface area contributed by atoms with Crippen LogP contribution in [0.15, 0.2) is 0 Å². The van der Waals surface area contributed by atoms with Gasteiger partial charge in [0.25, 0.3) is 0 Å². The van der Waals surface area contributed by atoms with E-state index in [1.807, 2.05) is 6.92 Å². The first-order valence-electron chi connectivity index (χ1n) is 7.88. The lowest BCUT2D eigenvalue weighted by Crippen LogP contribution is -2.50. The van der Waals surface area contributed by atoms with Gasteiger partial charge in [0.1, 0.15) is 5.78 Å². The lowest BCUT2D eigenvalue weighted by molar-refractivity contribution is -0.126. The standard InChI is InChI=1S/C15H27NO3S/c1-3-4-13-5-6-15(17)14(9-13)10-16-7-8-20(18,19)11-12(16)2/h12-14H,3-11H2,1-2H3. The second-order valence-corrected chi connectivity index (χ2v) is 8.78. The molecule has 3 unspecified atom stereocenters. The van der Waals surface area contributed by atoms with E-state index in [9.17, 15) is 13.2 Å². The zero-order chi connectivity index (χ0) is 14.8. The van der Waals surface area contributed by atoms with Crippen molar-refractivity contribution in [3.05, 3.63) is 0 Å². The molecule has 20 heavy (non-hydrogen) atoms. The van der Waals surface area contributed by atoms with E-state index < -0.39 is 9.84 Å². The fourth-order valence-corrected chi connectivity index (χ4v) is 5.26. The Bertz CT molecular complexity index is 446. The van der Waals surface area contributed by atoms with E-state index in [2.05, 4.69) is 11.8 Å². The number of Topliss-reactive ketones (excluding diaryl/α,β-unsaturated/α-hetero) is 1. The first kappa shape index (κ1) is 16.0. The Labute approximate surface area is 122 Å². The molecule has 2 fully saturated rings. The van der Waals surface area contributed by atoms with Gasteiger partial charge in [-0.15, -0.1) is 0 Å². The minimum Gasteiger partial charge on any atom is -0.299 e. The normalized spacial score (nSPS) is 35.1. The van der Waals surface area contributed by atoms with Crippen LogP contribution < -0.4 is 0 Å². The van der Waals surface area contributed by atoms with Crippen molar-refractivity contribution in [3.63, 3.8) is 0 Å². The van der Waals surface area contributed by atoms with E-state index in [1.54, 1.807) is 0 Å². The van der Waals surface area contributed by atoms with E-state index in [-0.39, 0.29) is 23.5 Å². The summed E-state index contributed by atoms with van der Waals surface area (Å²) in [6.45, 7) is 5.51. The highest BCUT2D eigenvalue weighted by atomic mass is 32.2. The van der Waals surface area contributed by atoms with Gasteiger partial charge in [0, 0.05) is 31.5 Å². The van der Waals surface area contributed by atoms with Crippen LogP contribution >= 0.6 is 0 Å². The minimum atomic E-state index is -2.87. The first-order chi connectivity index (χ1) is 9.41. The molecule has 1 heterocycles. The van der Waals surface area contributed by atoms with Crippen LogP contribution in [0.5, 0.6) is 0 Å². The van der Waals surface area contributed by atoms with E-state index in [0.29, 0.717) is 18.2 Å². The third kappa shape index (κ3) is 4.04. The van der Waals surface area contributed by atoms with E-state index in [1.165, 1.54) is 12.8 Å². The summed E-state index contributed by atoms with van der Waals surface area (Å²) in [4.78, 5) is 14.3. The van der Waals surface area contributed by atoms with Crippen LogP contribution in [-0.2, 0) is 14.6 Å². The monoisotopic (exact) mass is 301 g/mol. The Balaban J connectivity index is 1.93. The maximum atomic E-state index is 12.1. The third-order valence-corrected chi connectivity index (χ3v) is 6.63. The van der Waals surface area contributed by atoms with Crippen LogP contribution in [0.2, 0.25) is 0 Å². The molecule has 0 aromatic rings. The van der Waals surface area contributed by atoms with E-state index in [4.69, 9.17) is 0 Å². The summed E-state index contributed by atoms with van der Waals surface area (Å²) in [5.41, 5.74) is 0. The number of sulfone groups is 1. The van der Waals surface area contributed by atoms with Gasteiger partial charge < -0.3 is 0 Å². The Morgan fingerprint density at radius 1 is 1.35 bits per heavy atom. The lowest BCUT2D eigenvalue weighted by Gasteiger charge is -2.37. The predicted octanol–water partition coefficient (Wildman–Crippen LogP) is 1.89. The average Bonchev–Trinajstić information content (AvgIpc) is 2.36. The SMILES string of the molecule is CCCC1CCC(=O)C(CN2CCS(=O)(=O)CC2C)C1. The first-order valence-corrected chi connectivity index (χ1v) is 9.70. The van der Waals surface area contributed by atoms with E-state index in [0.717, 1.165) is 25.8 Å². The fraction of sp³-hybridized carbons (Fsp3) is 0.933. The minimum absolute atomic E-state index is 0.0492. The van der Waals surface area contributed by atoms with Crippen LogP contribution in [0.1, 0.15) is 46.0 Å². The number of nitrogens with zero attached hydrogens (tertiary/aromatic N) is 1. The van der Waals surface area contributed by atoms with Crippen molar-refractivity contribution >= 4 is 15.6 Å². The average molecular weight is 301 g/mol. The molecule has 1 saturated carbocycles. The maximum Gasteiger partial charge on any atom is 0.153 e. The summed E-state index contributed by atoms with van der Waals surface area (Å²) in [6.07, 6.45) is 5.17. The van der Waals surface area contributed by atoms with Gasteiger partial charge in [-0.05, 0) is 25.7 Å². The van der Waals surface area contributed by atoms with E-state index >= 15 is 0 Å². The number of carbonyl (C=O) groups excluding carboxylic acids is 1. The summed E-state index contributed by atoms with van der Waals surface area (Å²) in [7, 11) is -2.87. The summed E-state index contributed by atoms with van der Waals surface area (Å²) in [5, 5.41) is 0. The van der Waals surface area contributed by atoms with Gasteiger partial charge in [0.05, 0.1) is 11.5 Å². The van der Waals surface area contributed by atoms with Gasteiger partial charge in [-0.1, -0.05) is 19.8 Å². The van der Waals surface area contributed by atoms with Gasteiger partial charge in [-0.25, -0.2) is 8.42 Å². The van der Waals surface area contributed by atoms with Gasteiger partial charge in [0.2, 0.25) is 0 Å². The largest absolute Gasteiger partial charge is 0.299 e. The second-order valence-electron chi connectivity index (χ2n) is 6.55. The topological polar surface area (TPSA) is 54.5 Å². The van der Waals surface area contributed by atoms with Gasteiger partial charge in [-0.2, -0.15) is 0 Å². The zero-order valence-corrected chi connectivity index (χ0v) is 13.5. The number of hydrogen-bond donors (Lipinski definition) is 0. The molecule has 0 amide bonds. The molecule has 116 valence electrons. The van der Waals surface area contributed by atoms with Crippen molar-refractivity contribution in [2.45, 2.75) is 52.0 Å². The maximum absolute atomic E-state index is 12.1. The Morgan fingerprint density at radius 2 is 2.10 bits per heavy atom. The molecule has 5 heteroatoms. The molecule has 0 spiro atoms. The van der Waals surface area contributed by atoms with Crippen LogP contribution in [0.25, 0.3) is 0 Å². The van der Waals surface area contributed by atoms with Crippen LogP contribution in [0.3, 0.4) is 0 Å². The zero-order valence-electron chi connectivity index (χ0n) is 12.7. The summed E-state index contributed by atoms with van der Waals surface area (Å²) < 4.78 is 23.2. The summed E-state index contributed by atoms with van der Waals surface area (Å²) in [5.74, 6) is 1.69. The molecule has 1 aliphatic heterocycles. The van der Waals surface area contributed by atoms with Crippen molar-refractivity contribution in [2.24, 2.45) is 11.8 Å². The molecule has 0 bridgehead atoms. The van der Waals surface area contributed by atoms with Gasteiger partial charge in [-0.3, -0.25) is 9.69 Å². The summed E-state index contributed by atoms with van der Waals surface area (Å²) >= 11 is 0. The summed E-state index contributed by atoms with van der Waals surface area (Å²) in [6, 6.07) is 0.0492. The molecule has 2 rings (SSSR count).